The molecule has 3 aromatic carbocycles. The molecule has 0 saturated heterocycles. The van der Waals surface area contributed by atoms with Crippen LogP contribution < -0.4 is 9.47 Å². The van der Waals surface area contributed by atoms with Gasteiger partial charge in [-0.25, -0.2) is 16.8 Å². The summed E-state index contributed by atoms with van der Waals surface area (Å²) >= 11 is 0. The molecular formula is C18H12Cl2O6S2. The van der Waals surface area contributed by atoms with Crippen LogP contribution in [0.4, 0.5) is 0 Å². The van der Waals surface area contributed by atoms with Gasteiger partial charge in [-0.05, 0) is 60.7 Å². The lowest BCUT2D eigenvalue weighted by Crippen LogP contribution is -1.92. The third-order valence-electron chi connectivity index (χ3n) is 3.49. The predicted molar refractivity (Wildman–Crippen MR) is 106 cm³/mol. The molecule has 0 aliphatic rings. The molecule has 0 aromatic heterocycles. The summed E-state index contributed by atoms with van der Waals surface area (Å²) in [6.45, 7) is 0. The highest BCUT2D eigenvalue weighted by molar-refractivity contribution is 8.14. The largest absolute Gasteiger partial charge is 0.457 e. The van der Waals surface area contributed by atoms with Gasteiger partial charge in [0.2, 0.25) is 0 Å². The molecule has 0 heterocycles. The Morgan fingerprint density at radius 1 is 0.536 bits per heavy atom. The van der Waals surface area contributed by atoms with Gasteiger partial charge in [0.15, 0.2) is 0 Å². The third-order valence-corrected chi connectivity index (χ3v) is 6.23. The van der Waals surface area contributed by atoms with Gasteiger partial charge in [-0.1, -0.05) is 6.07 Å². The molecule has 0 N–H and O–H groups in total. The highest BCUT2D eigenvalue weighted by Crippen LogP contribution is 2.30. The van der Waals surface area contributed by atoms with E-state index in [0.29, 0.717) is 23.0 Å². The Hall–Kier alpha value is -2.26. The maximum absolute atomic E-state index is 11.3. The highest BCUT2D eigenvalue weighted by Gasteiger charge is 2.11. The minimum Gasteiger partial charge on any atom is -0.457 e. The fourth-order valence-electron chi connectivity index (χ4n) is 2.21. The van der Waals surface area contributed by atoms with Gasteiger partial charge in [0, 0.05) is 27.4 Å². The van der Waals surface area contributed by atoms with Crippen molar-refractivity contribution in [2.45, 2.75) is 9.79 Å². The second-order valence-electron chi connectivity index (χ2n) is 5.50. The molecule has 0 amide bonds. The van der Waals surface area contributed by atoms with Crippen LogP contribution in [0, 0.1) is 0 Å². The second-order valence-corrected chi connectivity index (χ2v) is 10.6. The van der Waals surface area contributed by atoms with Crippen LogP contribution in [0.5, 0.6) is 23.0 Å². The Kier molecular flexibility index (Phi) is 5.85. The summed E-state index contributed by atoms with van der Waals surface area (Å²) in [5.41, 5.74) is 0. The number of rotatable bonds is 6. The second kappa shape index (κ2) is 8.00. The van der Waals surface area contributed by atoms with E-state index in [1.807, 2.05) is 0 Å². The lowest BCUT2D eigenvalue weighted by atomic mass is 10.3. The normalized spacial score (nSPS) is 11.8. The molecule has 0 fully saturated rings. The van der Waals surface area contributed by atoms with Crippen molar-refractivity contribution in [1.82, 2.24) is 0 Å². The van der Waals surface area contributed by atoms with E-state index in [9.17, 15) is 16.8 Å². The first kappa shape index (κ1) is 20.5. The first-order valence-corrected chi connectivity index (χ1v) is 12.3. The lowest BCUT2D eigenvalue weighted by molar-refractivity contribution is 0.460. The Balaban J connectivity index is 1.73. The van der Waals surface area contributed by atoms with Crippen LogP contribution in [0.3, 0.4) is 0 Å². The zero-order chi connectivity index (χ0) is 20.4. The molecule has 28 heavy (non-hydrogen) atoms. The van der Waals surface area contributed by atoms with Gasteiger partial charge in [0.1, 0.15) is 23.0 Å². The van der Waals surface area contributed by atoms with Gasteiger partial charge in [-0.2, -0.15) is 0 Å². The van der Waals surface area contributed by atoms with Crippen molar-refractivity contribution in [1.29, 1.82) is 0 Å². The van der Waals surface area contributed by atoms with E-state index in [-0.39, 0.29) is 9.79 Å². The van der Waals surface area contributed by atoms with Gasteiger partial charge >= 0.3 is 0 Å². The average Bonchev–Trinajstić information content (AvgIpc) is 2.61. The van der Waals surface area contributed by atoms with Crippen molar-refractivity contribution in [3.63, 3.8) is 0 Å². The van der Waals surface area contributed by atoms with Crippen molar-refractivity contribution in [2.24, 2.45) is 0 Å². The van der Waals surface area contributed by atoms with E-state index < -0.39 is 18.1 Å². The Morgan fingerprint density at radius 3 is 1.21 bits per heavy atom. The summed E-state index contributed by atoms with van der Waals surface area (Å²) in [7, 11) is 2.96. The molecule has 0 saturated carbocycles. The number of ether oxygens (including phenoxy) is 2. The maximum atomic E-state index is 11.3. The molecule has 0 aliphatic carbocycles. The number of benzene rings is 3. The molecule has 3 rings (SSSR count). The first-order chi connectivity index (χ1) is 13.1. The van der Waals surface area contributed by atoms with E-state index in [4.69, 9.17) is 30.8 Å². The van der Waals surface area contributed by atoms with Crippen LogP contribution in [0.2, 0.25) is 0 Å². The molecule has 0 unspecified atom stereocenters. The summed E-state index contributed by atoms with van der Waals surface area (Å²) in [6.07, 6.45) is 0. The summed E-state index contributed by atoms with van der Waals surface area (Å²) < 4.78 is 56.4. The first-order valence-electron chi connectivity index (χ1n) is 7.66. The van der Waals surface area contributed by atoms with Gasteiger partial charge in [0.05, 0.1) is 9.79 Å². The zero-order valence-electron chi connectivity index (χ0n) is 14.0. The van der Waals surface area contributed by atoms with Gasteiger partial charge in [0.25, 0.3) is 18.1 Å². The van der Waals surface area contributed by atoms with Crippen LogP contribution in [0.25, 0.3) is 0 Å². The fraction of sp³-hybridized carbons (Fsp3) is 0. The molecular weight excluding hydrogens is 447 g/mol. The molecule has 146 valence electrons. The number of hydrogen-bond acceptors (Lipinski definition) is 6. The van der Waals surface area contributed by atoms with Crippen molar-refractivity contribution in [2.75, 3.05) is 0 Å². The van der Waals surface area contributed by atoms with Crippen LogP contribution in [-0.2, 0) is 18.1 Å². The molecule has 3 aromatic rings. The predicted octanol–water partition coefficient (Wildman–Crippen LogP) is 5.13. The van der Waals surface area contributed by atoms with Crippen molar-refractivity contribution in [3.05, 3.63) is 72.8 Å². The summed E-state index contributed by atoms with van der Waals surface area (Å²) in [4.78, 5) is -0.0537. The number of hydrogen-bond donors (Lipinski definition) is 0. The minimum absolute atomic E-state index is 0.0268. The topological polar surface area (TPSA) is 86.7 Å². The Morgan fingerprint density at radius 2 is 0.893 bits per heavy atom. The van der Waals surface area contributed by atoms with Crippen molar-refractivity contribution < 1.29 is 26.3 Å². The van der Waals surface area contributed by atoms with Gasteiger partial charge in [-0.3, -0.25) is 0 Å². The molecule has 10 heteroatoms. The molecule has 0 spiro atoms. The summed E-state index contributed by atoms with van der Waals surface area (Å²) in [5.74, 6) is 1.74. The average molecular weight is 459 g/mol. The minimum atomic E-state index is -3.80. The highest BCUT2D eigenvalue weighted by atomic mass is 35.7. The Bertz CT molecular complexity index is 1100. The van der Waals surface area contributed by atoms with Gasteiger partial charge in [-0.15, -0.1) is 0 Å². The van der Waals surface area contributed by atoms with Crippen molar-refractivity contribution >= 4 is 39.5 Å². The molecule has 6 nitrogen and oxygen atoms in total. The molecule has 0 bridgehead atoms. The van der Waals surface area contributed by atoms with Crippen LogP contribution in [0.1, 0.15) is 0 Å². The van der Waals surface area contributed by atoms with Crippen molar-refractivity contribution in [3.8, 4) is 23.0 Å². The summed E-state index contributed by atoms with van der Waals surface area (Å²) in [6, 6.07) is 18.0. The smallest absolute Gasteiger partial charge is 0.261 e. The van der Waals surface area contributed by atoms with E-state index in [0.717, 1.165) is 0 Å². The molecule has 0 radical (unpaired) electrons. The van der Waals surface area contributed by atoms with Crippen LogP contribution in [-0.4, -0.2) is 16.8 Å². The monoisotopic (exact) mass is 458 g/mol. The number of halogens is 2. The van der Waals surface area contributed by atoms with E-state index in [2.05, 4.69) is 0 Å². The van der Waals surface area contributed by atoms with Gasteiger partial charge < -0.3 is 9.47 Å². The Labute approximate surface area is 171 Å². The molecule has 0 atom stereocenters. The van der Waals surface area contributed by atoms with Crippen LogP contribution in [0.15, 0.2) is 82.6 Å². The fourth-order valence-corrected chi connectivity index (χ4v) is 3.75. The lowest BCUT2D eigenvalue weighted by Gasteiger charge is -2.09. The quantitative estimate of drug-likeness (QED) is 0.476. The SMILES string of the molecule is O=S(=O)(Cl)c1ccc(Oc2cccc(Oc3ccc(S(=O)(=O)Cl)cc3)c2)cc1. The van der Waals surface area contributed by atoms with Crippen LogP contribution >= 0.6 is 21.4 Å². The third kappa shape index (κ3) is 5.39. The van der Waals surface area contributed by atoms with E-state index in [1.165, 1.54) is 48.5 Å². The zero-order valence-corrected chi connectivity index (χ0v) is 17.1. The standard InChI is InChI=1S/C18H12Cl2O6S2/c19-27(21,22)17-8-4-13(5-9-17)25-15-2-1-3-16(12-15)26-14-6-10-18(11-7-14)28(20,23)24/h1-12H. The molecule has 0 aliphatic heterocycles. The van der Waals surface area contributed by atoms with E-state index in [1.54, 1.807) is 24.3 Å². The van der Waals surface area contributed by atoms with E-state index >= 15 is 0 Å². The summed E-state index contributed by atoms with van der Waals surface area (Å²) in [5, 5.41) is 0. The maximum Gasteiger partial charge on any atom is 0.261 e.